The van der Waals surface area contributed by atoms with Crippen LogP contribution < -0.4 is 10.5 Å². The van der Waals surface area contributed by atoms with Crippen LogP contribution in [0.25, 0.3) is 0 Å². The van der Waals surface area contributed by atoms with Gasteiger partial charge in [0.15, 0.2) is 0 Å². The second-order valence-electron chi connectivity index (χ2n) is 2.98. The topological polar surface area (TPSA) is 78.4 Å². The maximum atomic E-state index is 13.1. The van der Waals surface area contributed by atoms with Gasteiger partial charge in [-0.25, -0.2) is 0 Å². The van der Waals surface area contributed by atoms with Crippen LogP contribution in [0.1, 0.15) is 11.6 Å². The molecule has 0 aliphatic carbocycles. The Morgan fingerprint density at radius 2 is 2.36 bits per heavy atom. The largest absolute Gasteiger partial charge is 0.491 e. The van der Waals surface area contributed by atoms with Gasteiger partial charge in [-0.2, -0.15) is 4.39 Å². The maximum Gasteiger partial charge on any atom is 0.313 e. The molecule has 0 amide bonds. The normalized spacial score (nSPS) is 18.9. The van der Waals surface area contributed by atoms with Gasteiger partial charge in [0.05, 0.1) is 16.5 Å². The molecule has 0 saturated carbocycles. The summed E-state index contributed by atoms with van der Waals surface area (Å²) in [5.41, 5.74) is 5.13. The molecule has 2 N–H and O–H groups in total. The molecule has 0 radical (unpaired) electrons. The van der Waals surface area contributed by atoms with E-state index in [9.17, 15) is 14.5 Å². The monoisotopic (exact) mass is 198 g/mol. The Labute approximate surface area is 78.4 Å². The number of ether oxygens (including phenoxy) is 1. The van der Waals surface area contributed by atoms with Gasteiger partial charge in [0, 0.05) is 0 Å². The third-order valence-electron chi connectivity index (χ3n) is 2.10. The summed E-state index contributed by atoms with van der Waals surface area (Å²) in [6.45, 7) is 0.152. The molecule has 0 aromatic heterocycles. The van der Waals surface area contributed by atoms with E-state index in [0.29, 0.717) is 5.75 Å². The van der Waals surface area contributed by atoms with Gasteiger partial charge in [-0.05, 0) is 12.1 Å². The van der Waals surface area contributed by atoms with Gasteiger partial charge in [-0.3, -0.25) is 10.1 Å². The van der Waals surface area contributed by atoms with Gasteiger partial charge < -0.3 is 10.5 Å². The number of halogens is 1. The molecule has 14 heavy (non-hydrogen) atoms. The molecule has 0 unspecified atom stereocenters. The quantitative estimate of drug-likeness (QED) is 0.541. The van der Waals surface area contributed by atoms with E-state index in [1.165, 1.54) is 6.07 Å². The Kier molecular flexibility index (Phi) is 1.85. The molecule has 0 fully saturated rings. The van der Waals surface area contributed by atoms with Crippen LogP contribution in [0.15, 0.2) is 12.1 Å². The van der Waals surface area contributed by atoms with Crippen LogP contribution in [0, 0.1) is 15.9 Å². The van der Waals surface area contributed by atoms with Crippen molar-refractivity contribution < 1.29 is 14.1 Å². The molecule has 0 bridgehead atoms. The number of fused-ring (bicyclic) bond motifs is 1. The van der Waals surface area contributed by atoms with Crippen molar-refractivity contribution in [2.75, 3.05) is 6.61 Å². The molecule has 1 aliphatic heterocycles. The fraction of sp³-hybridized carbons (Fsp3) is 0.250. The van der Waals surface area contributed by atoms with Gasteiger partial charge >= 0.3 is 5.69 Å². The minimum Gasteiger partial charge on any atom is -0.491 e. The summed E-state index contributed by atoms with van der Waals surface area (Å²) in [4.78, 5) is 9.81. The molecule has 1 aromatic carbocycles. The maximum absolute atomic E-state index is 13.1. The lowest BCUT2D eigenvalue weighted by Crippen LogP contribution is -2.12. The summed E-state index contributed by atoms with van der Waals surface area (Å²) in [6, 6.07) is 1.74. The molecule has 6 heteroatoms. The van der Waals surface area contributed by atoms with E-state index < -0.39 is 22.5 Å². The highest BCUT2D eigenvalue weighted by molar-refractivity contribution is 5.54. The highest BCUT2D eigenvalue weighted by Gasteiger charge is 2.32. The fourth-order valence-electron chi connectivity index (χ4n) is 1.50. The lowest BCUT2D eigenvalue weighted by atomic mass is 10.1. The smallest absolute Gasteiger partial charge is 0.313 e. The molecule has 1 atom stereocenters. The zero-order valence-electron chi connectivity index (χ0n) is 7.07. The van der Waals surface area contributed by atoms with Crippen molar-refractivity contribution in [3.63, 3.8) is 0 Å². The lowest BCUT2D eigenvalue weighted by molar-refractivity contribution is -0.388. The SMILES string of the molecule is N[C@H]1COc2ccc(F)c([N+](=O)[O-])c21. The average molecular weight is 198 g/mol. The molecule has 74 valence electrons. The van der Waals surface area contributed by atoms with E-state index in [4.69, 9.17) is 10.5 Å². The van der Waals surface area contributed by atoms with Crippen molar-refractivity contribution in [2.24, 2.45) is 5.73 Å². The first-order chi connectivity index (χ1) is 6.61. The van der Waals surface area contributed by atoms with Crippen molar-refractivity contribution in [1.29, 1.82) is 0 Å². The molecule has 1 heterocycles. The predicted molar refractivity (Wildman–Crippen MR) is 45.5 cm³/mol. The van der Waals surface area contributed by atoms with Gasteiger partial charge in [0.1, 0.15) is 12.4 Å². The van der Waals surface area contributed by atoms with Gasteiger partial charge in [-0.1, -0.05) is 0 Å². The minimum absolute atomic E-state index is 0.148. The number of rotatable bonds is 1. The molecule has 0 spiro atoms. The van der Waals surface area contributed by atoms with Gasteiger partial charge in [0.2, 0.25) is 5.82 Å². The number of nitro groups is 1. The van der Waals surface area contributed by atoms with Gasteiger partial charge in [-0.15, -0.1) is 0 Å². The number of hydrogen-bond donors (Lipinski definition) is 1. The van der Waals surface area contributed by atoms with E-state index in [-0.39, 0.29) is 12.2 Å². The first kappa shape index (κ1) is 8.89. The second-order valence-corrected chi connectivity index (χ2v) is 2.98. The fourth-order valence-corrected chi connectivity index (χ4v) is 1.50. The number of nitrogens with two attached hydrogens (primary N) is 1. The second kappa shape index (κ2) is 2.91. The zero-order valence-corrected chi connectivity index (χ0v) is 7.07. The van der Waals surface area contributed by atoms with Crippen molar-refractivity contribution in [3.8, 4) is 5.75 Å². The van der Waals surface area contributed by atoms with Crippen LogP contribution in [-0.2, 0) is 0 Å². The zero-order chi connectivity index (χ0) is 10.3. The summed E-state index contributed by atoms with van der Waals surface area (Å²) >= 11 is 0. The first-order valence-electron chi connectivity index (χ1n) is 3.96. The van der Waals surface area contributed by atoms with Crippen molar-refractivity contribution in [3.05, 3.63) is 33.6 Å². The highest BCUT2D eigenvalue weighted by atomic mass is 19.1. The number of benzene rings is 1. The Hall–Kier alpha value is -1.69. The average Bonchev–Trinajstić information content (AvgIpc) is 2.47. The standard InChI is InChI=1S/C8H7FN2O3/c9-4-1-2-6-7(5(10)3-14-6)8(4)11(12)13/h1-2,5H,3,10H2/t5-/m0/s1. The molecule has 0 saturated heterocycles. The summed E-state index contributed by atoms with van der Waals surface area (Å²) in [5, 5.41) is 10.6. The van der Waals surface area contributed by atoms with E-state index >= 15 is 0 Å². The van der Waals surface area contributed by atoms with Gasteiger partial charge in [0.25, 0.3) is 0 Å². The Morgan fingerprint density at radius 1 is 1.64 bits per heavy atom. The molecule has 1 aromatic rings. The summed E-state index contributed by atoms with van der Waals surface area (Å²) in [6.07, 6.45) is 0. The van der Waals surface area contributed by atoms with E-state index in [2.05, 4.69) is 0 Å². The van der Waals surface area contributed by atoms with Crippen molar-refractivity contribution in [2.45, 2.75) is 6.04 Å². The Bertz CT molecular complexity index is 408. The van der Waals surface area contributed by atoms with Crippen LogP contribution >= 0.6 is 0 Å². The molecule has 1 aliphatic rings. The Morgan fingerprint density at radius 3 is 3.00 bits per heavy atom. The van der Waals surface area contributed by atoms with Crippen LogP contribution in [0.5, 0.6) is 5.75 Å². The Balaban J connectivity index is 2.68. The summed E-state index contributed by atoms with van der Waals surface area (Å²) in [5.74, 6) is -0.583. The van der Waals surface area contributed by atoms with Crippen LogP contribution in [-0.4, -0.2) is 11.5 Å². The molecular formula is C8H7FN2O3. The molecule has 2 rings (SSSR count). The lowest BCUT2D eigenvalue weighted by Gasteiger charge is -2.02. The van der Waals surface area contributed by atoms with Crippen molar-refractivity contribution >= 4 is 5.69 Å². The number of nitro benzene ring substituents is 1. The third-order valence-corrected chi connectivity index (χ3v) is 2.10. The van der Waals surface area contributed by atoms with E-state index in [0.717, 1.165) is 6.07 Å². The van der Waals surface area contributed by atoms with Crippen LogP contribution in [0.4, 0.5) is 10.1 Å². The van der Waals surface area contributed by atoms with Crippen molar-refractivity contribution in [1.82, 2.24) is 0 Å². The number of hydrogen-bond acceptors (Lipinski definition) is 4. The minimum atomic E-state index is -0.880. The summed E-state index contributed by atoms with van der Waals surface area (Å²) in [7, 11) is 0. The van der Waals surface area contributed by atoms with Crippen LogP contribution in [0.2, 0.25) is 0 Å². The van der Waals surface area contributed by atoms with E-state index in [1.807, 2.05) is 0 Å². The summed E-state index contributed by atoms with van der Waals surface area (Å²) < 4.78 is 18.2. The van der Waals surface area contributed by atoms with E-state index in [1.54, 1.807) is 0 Å². The number of nitrogens with zero attached hydrogens (tertiary/aromatic N) is 1. The highest BCUT2D eigenvalue weighted by Crippen LogP contribution is 2.39. The first-order valence-corrected chi connectivity index (χ1v) is 3.96. The van der Waals surface area contributed by atoms with Crippen LogP contribution in [0.3, 0.4) is 0 Å². The predicted octanol–water partition coefficient (Wildman–Crippen LogP) is 1.13. The third kappa shape index (κ3) is 1.12. The molecule has 5 nitrogen and oxygen atoms in total. The molecular weight excluding hydrogens is 191 g/mol.